The standard InChI is InChI=1S/C19H19F3N4O2S/c1-4-28-15-8-6-5-7-12(15)14-10-29-18(24-14)25-17(27)13-9-23-26(11(2)3)16(13)19(20,21)22/h5-11H,4H2,1-3H3,(H,24,25,27). The number of hydrogen-bond donors (Lipinski definition) is 1. The number of para-hydroxylation sites is 1. The number of rotatable bonds is 6. The van der Waals surface area contributed by atoms with E-state index in [0.717, 1.165) is 27.8 Å². The summed E-state index contributed by atoms with van der Waals surface area (Å²) in [6.45, 7) is 5.46. The van der Waals surface area contributed by atoms with E-state index in [0.29, 0.717) is 18.1 Å². The second kappa shape index (κ2) is 8.24. The second-order valence-corrected chi connectivity index (χ2v) is 7.22. The van der Waals surface area contributed by atoms with E-state index in [9.17, 15) is 18.0 Å². The van der Waals surface area contributed by atoms with Crippen molar-refractivity contribution in [3.8, 4) is 17.0 Å². The van der Waals surface area contributed by atoms with Crippen molar-refractivity contribution in [2.45, 2.75) is 33.0 Å². The van der Waals surface area contributed by atoms with Crippen molar-refractivity contribution in [1.82, 2.24) is 14.8 Å². The molecule has 0 saturated carbocycles. The molecule has 2 aromatic heterocycles. The molecule has 0 aliphatic heterocycles. The maximum absolute atomic E-state index is 13.5. The first-order valence-electron chi connectivity index (χ1n) is 8.86. The number of carbonyl (C=O) groups is 1. The van der Waals surface area contributed by atoms with Gasteiger partial charge in [0.1, 0.15) is 5.75 Å². The number of ether oxygens (including phenoxy) is 1. The number of aromatic nitrogens is 3. The van der Waals surface area contributed by atoms with Crippen molar-refractivity contribution in [3.05, 3.63) is 47.1 Å². The summed E-state index contributed by atoms with van der Waals surface area (Å²) in [7, 11) is 0. The van der Waals surface area contributed by atoms with E-state index < -0.39 is 29.4 Å². The van der Waals surface area contributed by atoms with Gasteiger partial charge in [0.05, 0.1) is 24.1 Å². The predicted molar refractivity (Wildman–Crippen MR) is 104 cm³/mol. The maximum Gasteiger partial charge on any atom is 0.433 e. The summed E-state index contributed by atoms with van der Waals surface area (Å²) < 4.78 is 46.8. The van der Waals surface area contributed by atoms with Crippen LogP contribution in [0.4, 0.5) is 18.3 Å². The zero-order valence-electron chi connectivity index (χ0n) is 15.9. The average molecular weight is 424 g/mol. The van der Waals surface area contributed by atoms with Crippen molar-refractivity contribution in [2.75, 3.05) is 11.9 Å². The Labute approximate surface area is 169 Å². The predicted octanol–water partition coefficient (Wildman–Crippen LogP) is 5.26. The zero-order chi connectivity index (χ0) is 21.2. The largest absolute Gasteiger partial charge is 0.493 e. The number of nitrogens with zero attached hydrogens (tertiary/aromatic N) is 3. The van der Waals surface area contributed by atoms with E-state index in [-0.39, 0.29) is 5.13 Å². The topological polar surface area (TPSA) is 69.0 Å². The SMILES string of the molecule is CCOc1ccccc1-c1csc(NC(=O)c2cnn(C(C)C)c2C(F)(F)F)n1. The summed E-state index contributed by atoms with van der Waals surface area (Å²) >= 11 is 1.11. The van der Waals surface area contributed by atoms with E-state index in [2.05, 4.69) is 15.4 Å². The Morgan fingerprint density at radius 3 is 2.69 bits per heavy atom. The molecule has 0 aliphatic rings. The summed E-state index contributed by atoms with van der Waals surface area (Å²) in [4.78, 5) is 16.8. The highest BCUT2D eigenvalue weighted by atomic mass is 32.1. The summed E-state index contributed by atoms with van der Waals surface area (Å²) in [5.74, 6) is -0.279. The number of carbonyl (C=O) groups excluding carboxylic acids is 1. The van der Waals surface area contributed by atoms with Crippen molar-refractivity contribution in [3.63, 3.8) is 0 Å². The van der Waals surface area contributed by atoms with Gasteiger partial charge >= 0.3 is 6.18 Å². The molecule has 6 nitrogen and oxygen atoms in total. The van der Waals surface area contributed by atoms with Gasteiger partial charge in [0.25, 0.3) is 5.91 Å². The molecule has 3 rings (SSSR count). The molecule has 0 spiro atoms. The molecule has 0 radical (unpaired) electrons. The first-order valence-corrected chi connectivity index (χ1v) is 9.74. The van der Waals surface area contributed by atoms with E-state index in [1.165, 1.54) is 0 Å². The summed E-state index contributed by atoms with van der Waals surface area (Å²) in [6, 6.07) is 6.72. The van der Waals surface area contributed by atoms with Gasteiger partial charge in [-0.25, -0.2) is 4.98 Å². The molecule has 0 bridgehead atoms. The lowest BCUT2D eigenvalue weighted by molar-refractivity contribution is -0.145. The smallest absolute Gasteiger partial charge is 0.433 e. The van der Waals surface area contributed by atoms with Crippen molar-refractivity contribution in [1.29, 1.82) is 0 Å². The molecule has 1 aromatic carbocycles. The lowest BCUT2D eigenvalue weighted by atomic mass is 10.1. The minimum absolute atomic E-state index is 0.182. The van der Waals surface area contributed by atoms with Crippen molar-refractivity contribution in [2.24, 2.45) is 0 Å². The van der Waals surface area contributed by atoms with Crippen LogP contribution >= 0.6 is 11.3 Å². The zero-order valence-corrected chi connectivity index (χ0v) is 16.8. The first kappa shape index (κ1) is 20.8. The van der Waals surface area contributed by atoms with Gasteiger partial charge in [-0.3, -0.25) is 14.8 Å². The number of benzene rings is 1. The summed E-state index contributed by atoms with van der Waals surface area (Å²) in [6.07, 6.45) is -3.78. The highest BCUT2D eigenvalue weighted by Crippen LogP contribution is 2.35. The third kappa shape index (κ3) is 4.42. The van der Waals surface area contributed by atoms with Gasteiger partial charge in [0, 0.05) is 17.0 Å². The molecule has 2 heterocycles. The Morgan fingerprint density at radius 1 is 1.31 bits per heavy atom. The third-order valence-corrected chi connectivity index (χ3v) is 4.74. The number of halogens is 3. The van der Waals surface area contributed by atoms with Crippen LogP contribution in [0.15, 0.2) is 35.8 Å². The lowest BCUT2D eigenvalue weighted by Gasteiger charge is -2.14. The molecule has 1 N–H and O–H groups in total. The van der Waals surface area contributed by atoms with Crippen LogP contribution in [-0.4, -0.2) is 27.3 Å². The van der Waals surface area contributed by atoms with Gasteiger partial charge in [0.2, 0.25) is 0 Å². The van der Waals surface area contributed by atoms with Gasteiger partial charge in [-0.2, -0.15) is 18.3 Å². The molecular weight excluding hydrogens is 405 g/mol. The molecule has 29 heavy (non-hydrogen) atoms. The molecular formula is C19H19F3N4O2S. The number of amides is 1. The van der Waals surface area contributed by atoms with Gasteiger partial charge < -0.3 is 4.74 Å². The minimum atomic E-state index is -4.71. The molecule has 0 unspecified atom stereocenters. The number of nitrogens with one attached hydrogen (secondary N) is 1. The van der Waals surface area contributed by atoms with Crippen LogP contribution < -0.4 is 10.1 Å². The first-order chi connectivity index (χ1) is 13.7. The van der Waals surface area contributed by atoms with Gasteiger partial charge in [0.15, 0.2) is 10.8 Å². The van der Waals surface area contributed by atoms with Crippen molar-refractivity contribution < 1.29 is 22.7 Å². The third-order valence-electron chi connectivity index (χ3n) is 3.99. The normalized spacial score (nSPS) is 11.7. The van der Waals surface area contributed by atoms with Gasteiger partial charge in [-0.1, -0.05) is 12.1 Å². The van der Waals surface area contributed by atoms with E-state index in [4.69, 9.17) is 4.74 Å². The Balaban J connectivity index is 1.87. The van der Waals surface area contributed by atoms with Crippen LogP contribution in [0, 0.1) is 0 Å². The fourth-order valence-electron chi connectivity index (χ4n) is 2.78. The fourth-order valence-corrected chi connectivity index (χ4v) is 3.49. The number of thiazole rings is 1. The number of hydrogen-bond acceptors (Lipinski definition) is 5. The monoisotopic (exact) mass is 424 g/mol. The Kier molecular flexibility index (Phi) is 5.92. The number of alkyl halides is 3. The summed E-state index contributed by atoms with van der Waals surface area (Å²) in [5, 5.41) is 8.06. The lowest BCUT2D eigenvalue weighted by Crippen LogP contribution is -2.22. The van der Waals surface area contributed by atoms with E-state index in [1.807, 2.05) is 25.1 Å². The molecule has 3 aromatic rings. The second-order valence-electron chi connectivity index (χ2n) is 6.36. The van der Waals surface area contributed by atoms with Gasteiger partial charge in [-0.05, 0) is 32.9 Å². The van der Waals surface area contributed by atoms with Crippen LogP contribution in [0.5, 0.6) is 5.75 Å². The Bertz CT molecular complexity index is 1010. The Hall–Kier alpha value is -2.88. The minimum Gasteiger partial charge on any atom is -0.493 e. The van der Waals surface area contributed by atoms with Gasteiger partial charge in [-0.15, -0.1) is 11.3 Å². The van der Waals surface area contributed by atoms with E-state index in [1.54, 1.807) is 25.3 Å². The molecule has 0 fully saturated rings. The number of anilines is 1. The average Bonchev–Trinajstić information content (AvgIpc) is 3.29. The van der Waals surface area contributed by atoms with Crippen LogP contribution in [0.1, 0.15) is 42.9 Å². The molecule has 0 aliphatic carbocycles. The summed E-state index contributed by atoms with van der Waals surface area (Å²) in [5.41, 5.74) is -0.334. The molecule has 1 amide bonds. The molecule has 10 heteroatoms. The van der Waals surface area contributed by atoms with Crippen LogP contribution in [0.25, 0.3) is 11.3 Å². The fraction of sp³-hybridized carbons (Fsp3) is 0.316. The highest BCUT2D eigenvalue weighted by molar-refractivity contribution is 7.14. The van der Waals surface area contributed by atoms with Crippen molar-refractivity contribution >= 4 is 22.4 Å². The van der Waals surface area contributed by atoms with Crippen LogP contribution in [0.3, 0.4) is 0 Å². The highest BCUT2D eigenvalue weighted by Gasteiger charge is 2.40. The molecule has 154 valence electrons. The van der Waals surface area contributed by atoms with Crippen LogP contribution in [0.2, 0.25) is 0 Å². The molecule has 0 atom stereocenters. The van der Waals surface area contributed by atoms with Crippen LogP contribution in [-0.2, 0) is 6.18 Å². The quantitative estimate of drug-likeness (QED) is 0.586. The maximum atomic E-state index is 13.5. The Morgan fingerprint density at radius 2 is 2.03 bits per heavy atom. The van der Waals surface area contributed by atoms with E-state index >= 15 is 0 Å². The molecule has 0 saturated heterocycles.